The van der Waals surface area contributed by atoms with Crippen LogP contribution in [0.3, 0.4) is 0 Å². The highest BCUT2D eigenvalue weighted by atomic mass is 35.5. The maximum Gasteiger partial charge on any atom is 0.313 e. The molecule has 0 aliphatic heterocycles. The zero-order valence-corrected chi connectivity index (χ0v) is 18.5. The van der Waals surface area contributed by atoms with Crippen molar-refractivity contribution in [3.63, 3.8) is 0 Å². The summed E-state index contributed by atoms with van der Waals surface area (Å²) < 4.78 is 0.437. The zero-order valence-electron chi connectivity index (χ0n) is 17.8. The number of hydrogen-bond donors (Lipinski definition) is 0. The van der Waals surface area contributed by atoms with Crippen molar-refractivity contribution in [2.45, 2.75) is 96.8 Å². The lowest BCUT2D eigenvalue weighted by molar-refractivity contribution is -0.807. The third-order valence-electron chi connectivity index (χ3n) is 4.91. The maximum absolute atomic E-state index is 12.1. The highest BCUT2D eigenvalue weighted by Crippen LogP contribution is 2.11. The Morgan fingerprint density at radius 2 is 1.27 bits per heavy atom. The molecule has 0 saturated carbocycles. The molecule has 0 saturated heterocycles. The van der Waals surface area contributed by atoms with E-state index in [1.54, 1.807) is 0 Å². The fourth-order valence-electron chi connectivity index (χ4n) is 3.07. The minimum atomic E-state index is 0. The van der Waals surface area contributed by atoms with Crippen LogP contribution >= 0.6 is 0 Å². The topological polar surface area (TPSA) is 17.1 Å². The van der Waals surface area contributed by atoms with Crippen LogP contribution in [-0.2, 0) is 4.79 Å². The maximum atomic E-state index is 12.1. The fraction of sp³-hybridized carbons (Fsp3) is 0.783. The standard InChI is InChI=1S/C23H44NO.ClH/c1-5-7-8-9-10-11-12-13-14-15-16-17-18-19-20-21-23(25)24(3,4)22-6-2;/h6,13-14H,2,5,7-12,15-22H2,1,3-4H3;1H/q+1;/p-1/b14-13-;. The molecule has 3 heteroatoms. The lowest BCUT2D eigenvalue weighted by atomic mass is 10.1. The normalized spacial score (nSPS) is 11.5. The smallest absolute Gasteiger partial charge is 0.313 e. The van der Waals surface area contributed by atoms with Gasteiger partial charge in [0.2, 0.25) is 0 Å². The van der Waals surface area contributed by atoms with E-state index >= 15 is 0 Å². The first-order valence-electron chi connectivity index (χ1n) is 10.7. The van der Waals surface area contributed by atoms with Gasteiger partial charge in [0.05, 0.1) is 20.5 Å². The van der Waals surface area contributed by atoms with E-state index in [9.17, 15) is 4.79 Å². The third kappa shape index (κ3) is 16.8. The minimum absolute atomic E-state index is 0. The van der Waals surface area contributed by atoms with Gasteiger partial charge in [0.25, 0.3) is 0 Å². The van der Waals surface area contributed by atoms with Crippen LogP contribution in [0.2, 0.25) is 0 Å². The first-order chi connectivity index (χ1) is 12.0. The molecule has 0 aliphatic rings. The van der Waals surface area contributed by atoms with Crippen molar-refractivity contribution in [2.24, 2.45) is 0 Å². The average molecular weight is 386 g/mol. The van der Waals surface area contributed by atoms with Crippen molar-refractivity contribution >= 4 is 5.91 Å². The molecular formula is C23H44ClNO. The molecule has 0 fully saturated rings. The van der Waals surface area contributed by atoms with Crippen LogP contribution in [0.5, 0.6) is 0 Å². The Labute approximate surface area is 170 Å². The summed E-state index contributed by atoms with van der Waals surface area (Å²) in [5, 5.41) is 0. The van der Waals surface area contributed by atoms with Gasteiger partial charge in [-0.3, -0.25) is 4.48 Å². The molecule has 0 aromatic heterocycles. The third-order valence-corrected chi connectivity index (χ3v) is 4.91. The van der Waals surface area contributed by atoms with Crippen LogP contribution in [-0.4, -0.2) is 31.0 Å². The Bertz CT molecular complexity index is 363. The molecule has 0 aliphatic carbocycles. The number of rotatable bonds is 17. The summed E-state index contributed by atoms with van der Waals surface area (Å²) in [5.41, 5.74) is 0. The SMILES string of the molecule is C=CC[N+](C)(C)C(=O)CCCCCCC/C=C\CCCCCCCC.[Cl-]. The Balaban J connectivity index is 0. The van der Waals surface area contributed by atoms with Crippen molar-refractivity contribution < 1.29 is 21.7 Å². The van der Waals surface area contributed by atoms with Crippen LogP contribution in [0.25, 0.3) is 0 Å². The minimum Gasteiger partial charge on any atom is -1.00 e. The van der Waals surface area contributed by atoms with Gasteiger partial charge in [-0.05, 0) is 38.2 Å². The molecule has 0 heterocycles. The van der Waals surface area contributed by atoms with Gasteiger partial charge in [-0.2, -0.15) is 0 Å². The van der Waals surface area contributed by atoms with Crippen molar-refractivity contribution in [1.29, 1.82) is 0 Å². The van der Waals surface area contributed by atoms with E-state index in [4.69, 9.17) is 0 Å². The van der Waals surface area contributed by atoms with Crippen LogP contribution in [0.15, 0.2) is 24.8 Å². The summed E-state index contributed by atoms with van der Waals surface area (Å²) in [6.45, 7) is 6.73. The quantitative estimate of drug-likeness (QED) is 0.211. The number of halogens is 1. The molecule has 26 heavy (non-hydrogen) atoms. The van der Waals surface area contributed by atoms with Gasteiger partial charge in [0, 0.05) is 0 Å². The number of quaternary nitrogens is 1. The Kier molecular flexibility index (Phi) is 20.4. The monoisotopic (exact) mass is 385 g/mol. The predicted molar refractivity (Wildman–Crippen MR) is 112 cm³/mol. The average Bonchev–Trinajstić information content (AvgIpc) is 2.58. The number of nitrogens with zero attached hydrogens (tertiary/aromatic N) is 1. The Morgan fingerprint density at radius 3 is 1.77 bits per heavy atom. The van der Waals surface area contributed by atoms with Gasteiger partial charge in [0.1, 0.15) is 6.54 Å². The second-order valence-corrected chi connectivity index (χ2v) is 7.88. The second-order valence-electron chi connectivity index (χ2n) is 7.88. The molecule has 154 valence electrons. The first kappa shape index (κ1) is 27.6. The summed E-state index contributed by atoms with van der Waals surface area (Å²) in [7, 11) is 3.95. The van der Waals surface area contributed by atoms with E-state index in [2.05, 4.69) is 25.7 Å². The van der Waals surface area contributed by atoms with Crippen molar-refractivity contribution in [2.75, 3.05) is 20.6 Å². The Hall–Kier alpha value is -0.600. The number of unbranched alkanes of at least 4 members (excludes halogenated alkanes) is 11. The second kappa shape index (κ2) is 19.2. The van der Waals surface area contributed by atoms with Gasteiger partial charge >= 0.3 is 5.91 Å². The van der Waals surface area contributed by atoms with Crippen molar-refractivity contribution in [1.82, 2.24) is 0 Å². The van der Waals surface area contributed by atoms with E-state index < -0.39 is 0 Å². The van der Waals surface area contributed by atoms with Crippen LogP contribution in [0.4, 0.5) is 0 Å². The van der Waals surface area contributed by atoms with Gasteiger partial charge in [-0.25, -0.2) is 4.79 Å². The van der Waals surface area contributed by atoms with Gasteiger partial charge in [-0.15, -0.1) is 0 Å². The van der Waals surface area contributed by atoms with Gasteiger partial charge in [0.15, 0.2) is 0 Å². The van der Waals surface area contributed by atoms with E-state index in [0.717, 1.165) is 13.0 Å². The molecule has 0 aromatic carbocycles. The molecule has 0 rings (SSSR count). The lowest BCUT2D eigenvalue weighted by Crippen LogP contribution is -3.00. The van der Waals surface area contributed by atoms with Crippen LogP contribution in [0.1, 0.15) is 96.8 Å². The molecule has 0 atom stereocenters. The Morgan fingerprint density at radius 1 is 0.808 bits per heavy atom. The largest absolute Gasteiger partial charge is 1.00 e. The molecule has 0 N–H and O–H groups in total. The van der Waals surface area contributed by atoms with Gasteiger partial charge in [-0.1, -0.05) is 77.0 Å². The van der Waals surface area contributed by atoms with Crippen molar-refractivity contribution in [3.8, 4) is 0 Å². The predicted octanol–water partition coefficient (Wildman–Crippen LogP) is 3.82. The number of amides is 1. The van der Waals surface area contributed by atoms with E-state index in [-0.39, 0.29) is 12.4 Å². The molecule has 0 radical (unpaired) electrons. The number of hydrogen-bond acceptors (Lipinski definition) is 1. The molecule has 0 unspecified atom stereocenters. The number of carbonyl (C=O) groups excluding carboxylic acids is 1. The fourth-order valence-corrected chi connectivity index (χ4v) is 3.07. The number of allylic oxidation sites excluding steroid dienone is 2. The van der Waals surface area contributed by atoms with Crippen molar-refractivity contribution in [3.05, 3.63) is 24.8 Å². The van der Waals surface area contributed by atoms with E-state index in [1.807, 2.05) is 20.2 Å². The molecular weight excluding hydrogens is 342 g/mol. The first-order valence-corrected chi connectivity index (χ1v) is 10.7. The van der Waals surface area contributed by atoms with E-state index in [1.165, 1.54) is 77.0 Å². The number of carbonyl (C=O) groups is 1. The summed E-state index contributed by atoms with van der Waals surface area (Å²) in [4.78, 5) is 12.1. The molecule has 0 aromatic rings. The highest BCUT2D eigenvalue weighted by molar-refractivity contribution is 5.68. The molecule has 0 bridgehead atoms. The lowest BCUT2D eigenvalue weighted by Gasteiger charge is -2.25. The highest BCUT2D eigenvalue weighted by Gasteiger charge is 2.23. The van der Waals surface area contributed by atoms with Crippen LogP contribution in [0, 0.1) is 0 Å². The van der Waals surface area contributed by atoms with E-state index in [0.29, 0.717) is 16.8 Å². The number of likely N-dealkylation sites (N-methyl/N-ethyl adjacent to an activating group) is 1. The summed E-state index contributed by atoms with van der Waals surface area (Å²) in [6.07, 6.45) is 24.1. The molecule has 0 spiro atoms. The molecule has 1 amide bonds. The summed E-state index contributed by atoms with van der Waals surface area (Å²) in [5.74, 6) is 0.331. The van der Waals surface area contributed by atoms with Gasteiger partial charge < -0.3 is 12.4 Å². The van der Waals surface area contributed by atoms with Crippen LogP contribution < -0.4 is 12.4 Å². The summed E-state index contributed by atoms with van der Waals surface area (Å²) in [6, 6.07) is 0. The summed E-state index contributed by atoms with van der Waals surface area (Å²) >= 11 is 0. The molecule has 2 nitrogen and oxygen atoms in total. The zero-order chi connectivity index (χ0) is 18.8.